The van der Waals surface area contributed by atoms with Crippen molar-refractivity contribution in [3.63, 3.8) is 0 Å². The molecule has 0 saturated carbocycles. The van der Waals surface area contributed by atoms with Gasteiger partial charge in [-0.2, -0.15) is 5.10 Å². The van der Waals surface area contributed by atoms with Gasteiger partial charge in [0.1, 0.15) is 0 Å². The molecule has 1 unspecified atom stereocenters. The Morgan fingerprint density at radius 2 is 2.25 bits per heavy atom. The van der Waals surface area contributed by atoms with E-state index in [9.17, 15) is 4.79 Å². The van der Waals surface area contributed by atoms with Crippen LogP contribution in [-0.4, -0.2) is 22.9 Å². The number of aryl methyl sites for hydroxylation is 2. The first-order chi connectivity index (χ1) is 9.51. The second-order valence-corrected chi connectivity index (χ2v) is 4.89. The van der Waals surface area contributed by atoms with Gasteiger partial charge in [-0.05, 0) is 25.1 Å². The van der Waals surface area contributed by atoms with E-state index in [2.05, 4.69) is 10.4 Å². The highest BCUT2D eigenvalue weighted by atomic mass is 35.5. The number of rotatable bonds is 4. The molecule has 0 aliphatic carbocycles. The van der Waals surface area contributed by atoms with Crippen LogP contribution in [0.15, 0.2) is 30.5 Å². The summed E-state index contributed by atoms with van der Waals surface area (Å²) in [6, 6.07) is 6.56. The Kier molecular flexibility index (Phi) is 4.29. The number of esters is 1. The normalized spacial score (nSPS) is 12.0. The largest absolute Gasteiger partial charge is 0.467 e. The third-order valence-electron chi connectivity index (χ3n) is 2.93. The molecule has 1 atom stereocenters. The smallest absolute Gasteiger partial charge is 0.333 e. The SMILES string of the molecule is COC(=O)C(Nc1cccc(Cl)c1)c1cn(C)nc1C. The lowest BCUT2D eigenvalue weighted by atomic mass is 10.1. The van der Waals surface area contributed by atoms with Crippen LogP contribution in [0.3, 0.4) is 0 Å². The van der Waals surface area contributed by atoms with Crippen molar-refractivity contribution in [3.8, 4) is 0 Å². The zero-order chi connectivity index (χ0) is 14.7. The lowest BCUT2D eigenvalue weighted by Gasteiger charge is -2.17. The molecule has 5 nitrogen and oxygen atoms in total. The molecule has 2 rings (SSSR count). The van der Waals surface area contributed by atoms with Crippen molar-refractivity contribution in [2.24, 2.45) is 7.05 Å². The summed E-state index contributed by atoms with van der Waals surface area (Å²) in [6.45, 7) is 1.85. The van der Waals surface area contributed by atoms with Crippen molar-refractivity contribution in [2.75, 3.05) is 12.4 Å². The van der Waals surface area contributed by atoms with Gasteiger partial charge in [-0.15, -0.1) is 0 Å². The lowest BCUT2D eigenvalue weighted by molar-refractivity contribution is -0.141. The first-order valence-electron chi connectivity index (χ1n) is 6.11. The minimum Gasteiger partial charge on any atom is -0.467 e. The van der Waals surface area contributed by atoms with Crippen molar-refractivity contribution in [2.45, 2.75) is 13.0 Å². The number of hydrogen-bond acceptors (Lipinski definition) is 4. The number of carbonyl (C=O) groups excluding carboxylic acids is 1. The van der Waals surface area contributed by atoms with Crippen LogP contribution in [0.25, 0.3) is 0 Å². The molecule has 106 valence electrons. The number of aromatic nitrogens is 2. The Morgan fingerprint density at radius 3 is 2.80 bits per heavy atom. The zero-order valence-corrected chi connectivity index (χ0v) is 12.3. The van der Waals surface area contributed by atoms with Gasteiger partial charge in [0.2, 0.25) is 0 Å². The van der Waals surface area contributed by atoms with Crippen LogP contribution in [0, 0.1) is 6.92 Å². The minimum absolute atomic E-state index is 0.374. The standard InChI is InChI=1S/C14H16ClN3O2/c1-9-12(8-18(2)17-9)13(14(19)20-3)16-11-6-4-5-10(15)7-11/h4-8,13,16H,1-3H3. The molecule has 2 aromatic rings. The first kappa shape index (κ1) is 14.4. The van der Waals surface area contributed by atoms with E-state index in [1.165, 1.54) is 7.11 Å². The van der Waals surface area contributed by atoms with Crippen molar-refractivity contribution in [3.05, 3.63) is 46.7 Å². The molecule has 6 heteroatoms. The summed E-state index contributed by atoms with van der Waals surface area (Å²) in [6.07, 6.45) is 1.80. The Labute approximate surface area is 122 Å². The quantitative estimate of drug-likeness (QED) is 0.881. The van der Waals surface area contributed by atoms with E-state index in [4.69, 9.17) is 16.3 Å². The Bertz CT molecular complexity index is 625. The maximum absolute atomic E-state index is 12.0. The molecule has 1 aromatic carbocycles. The minimum atomic E-state index is -0.618. The number of ether oxygens (including phenoxy) is 1. The Hall–Kier alpha value is -2.01. The molecule has 0 aliphatic rings. The number of hydrogen-bond donors (Lipinski definition) is 1. The summed E-state index contributed by atoms with van der Waals surface area (Å²) in [5.41, 5.74) is 2.30. The number of methoxy groups -OCH3 is 1. The highest BCUT2D eigenvalue weighted by molar-refractivity contribution is 6.30. The topological polar surface area (TPSA) is 56.1 Å². The van der Waals surface area contributed by atoms with Gasteiger partial charge in [-0.1, -0.05) is 17.7 Å². The molecule has 0 radical (unpaired) electrons. The lowest BCUT2D eigenvalue weighted by Crippen LogP contribution is -2.22. The van der Waals surface area contributed by atoms with Gasteiger partial charge in [0.15, 0.2) is 6.04 Å². The maximum Gasteiger partial charge on any atom is 0.333 e. The van der Waals surface area contributed by atoms with Gasteiger partial charge in [0.05, 0.1) is 12.8 Å². The molecule has 0 bridgehead atoms. The van der Waals surface area contributed by atoms with Crippen LogP contribution in [0.1, 0.15) is 17.3 Å². The molecule has 0 amide bonds. The fraction of sp³-hybridized carbons (Fsp3) is 0.286. The van der Waals surface area contributed by atoms with Crippen molar-refractivity contribution in [1.29, 1.82) is 0 Å². The monoisotopic (exact) mass is 293 g/mol. The number of anilines is 1. The first-order valence-corrected chi connectivity index (χ1v) is 6.49. The summed E-state index contributed by atoms with van der Waals surface area (Å²) in [5.74, 6) is -0.374. The van der Waals surface area contributed by atoms with Crippen molar-refractivity contribution >= 4 is 23.3 Å². The van der Waals surface area contributed by atoms with Crippen LogP contribution in [-0.2, 0) is 16.6 Å². The van der Waals surface area contributed by atoms with Gasteiger partial charge in [-0.3, -0.25) is 4.68 Å². The average Bonchev–Trinajstić information content (AvgIpc) is 2.74. The van der Waals surface area contributed by atoms with Crippen molar-refractivity contribution < 1.29 is 9.53 Å². The third kappa shape index (κ3) is 3.11. The summed E-state index contributed by atoms with van der Waals surface area (Å²) in [5, 5.41) is 7.98. The van der Waals surface area contributed by atoms with Gasteiger partial charge >= 0.3 is 5.97 Å². The second-order valence-electron chi connectivity index (χ2n) is 4.45. The van der Waals surface area contributed by atoms with E-state index in [-0.39, 0.29) is 5.97 Å². The van der Waals surface area contributed by atoms with Crippen LogP contribution in [0.4, 0.5) is 5.69 Å². The predicted octanol–water partition coefficient (Wildman–Crippen LogP) is 2.71. The van der Waals surface area contributed by atoms with Gasteiger partial charge in [-0.25, -0.2) is 4.79 Å². The molecule has 20 heavy (non-hydrogen) atoms. The van der Waals surface area contributed by atoms with Crippen molar-refractivity contribution in [1.82, 2.24) is 9.78 Å². The molecule has 0 aliphatic heterocycles. The molecular formula is C14H16ClN3O2. The van der Waals surface area contributed by atoms with Crippen LogP contribution in [0.5, 0.6) is 0 Å². The Morgan fingerprint density at radius 1 is 1.50 bits per heavy atom. The number of nitrogens with one attached hydrogen (secondary N) is 1. The van der Waals surface area contributed by atoms with E-state index in [1.807, 2.05) is 26.1 Å². The number of benzene rings is 1. The Balaban J connectivity index is 2.34. The summed E-state index contributed by atoms with van der Waals surface area (Å²) < 4.78 is 6.53. The molecule has 0 spiro atoms. The van der Waals surface area contributed by atoms with E-state index >= 15 is 0 Å². The molecule has 1 heterocycles. The number of halogens is 1. The highest BCUT2D eigenvalue weighted by Gasteiger charge is 2.25. The van der Waals surface area contributed by atoms with Crippen LogP contribution < -0.4 is 5.32 Å². The molecule has 0 saturated heterocycles. The van der Waals surface area contributed by atoms with Gasteiger partial charge in [0, 0.05) is 29.5 Å². The van der Waals surface area contributed by atoms with Crippen LogP contribution in [0.2, 0.25) is 5.02 Å². The summed E-state index contributed by atoms with van der Waals surface area (Å²) in [4.78, 5) is 12.0. The highest BCUT2D eigenvalue weighted by Crippen LogP contribution is 2.24. The molecule has 0 fully saturated rings. The summed E-state index contributed by atoms with van der Waals surface area (Å²) >= 11 is 5.95. The van der Waals surface area contributed by atoms with Gasteiger partial charge in [0.25, 0.3) is 0 Å². The molecular weight excluding hydrogens is 278 g/mol. The summed E-state index contributed by atoms with van der Waals surface area (Å²) in [7, 11) is 3.17. The fourth-order valence-electron chi connectivity index (χ4n) is 2.03. The second kappa shape index (κ2) is 5.96. The zero-order valence-electron chi connectivity index (χ0n) is 11.6. The van der Waals surface area contributed by atoms with E-state index in [0.29, 0.717) is 5.02 Å². The van der Waals surface area contributed by atoms with E-state index in [0.717, 1.165) is 16.9 Å². The molecule has 1 N–H and O–H groups in total. The maximum atomic E-state index is 12.0. The van der Waals surface area contributed by atoms with E-state index in [1.54, 1.807) is 23.0 Å². The van der Waals surface area contributed by atoms with Crippen LogP contribution >= 0.6 is 11.6 Å². The number of nitrogens with zero attached hydrogens (tertiary/aromatic N) is 2. The van der Waals surface area contributed by atoms with Gasteiger partial charge < -0.3 is 10.1 Å². The predicted molar refractivity (Wildman–Crippen MR) is 77.8 cm³/mol. The van der Waals surface area contributed by atoms with E-state index < -0.39 is 6.04 Å². The third-order valence-corrected chi connectivity index (χ3v) is 3.17. The molecule has 1 aromatic heterocycles. The fourth-order valence-corrected chi connectivity index (χ4v) is 2.22. The average molecular weight is 294 g/mol. The number of carbonyl (C=O) groups is 1.